The normalized spacial score (nSPS) is 11.8. The molecular weight excluding hydrogens is 365 g/mol. The van der Waals surface area contributed by atoms with Crippen LogP contribution in [-0.2, 0) is 6.18 Å². The minimum absolute atomic E-state index is 0.172. The van der Waals surface area contributed by atoms with Crippen molar-refractivity contribution >= 4 is 35.1 Å². The predicted molar refractivity (Wildman–Crippen MR) is 99.9 cm³/mol. The van der Waals surface area contributed by atoms with Crippen molar-refractivity contribution in [3.05, 3.63) is 46.6 Å². The van der Waals surface area contributed by atoms with Crippen molar-refractivity contribution in [2.45, 2.75) is 20.0 Å². The summed E-state index contributed by atoms with van der Waals surface area (Å²) in [4.78, 5) is 11.6. The number of anilines is 2. The van der Waals surface area contributed by atoms with Gasteiger partial charge in [-0.05, 0) is 43.7 Å². The molecule has 0 atom stereocenters. The lowest BCUT2D eigenvalue weighted by molar-refractivity contribution is -0.141. The van der Waals surface area contributed by atoms with Crippen molar-refractivity contribution < 1.29 is 13.2 Å². The first-order chi connectivity index (χ1) is 12.1. The third kappa shape index (κ3) is 4.66. The molecule has 0 aliphatic rings. The Bertz CT molecular complexity index is 806. The van der Waals surface area contributed by atoms with Crippen molar-refractivity contribution in [2.24, 2.45) is 4.99 Å². The van der Waals surface area contributed by atoms with Gasteiger partial charge in [-0.25, -0.2) is 9.98 Å². The molecule has 0 fully saturated rings. The highest BCUT2D eigenvalue weighted by atomic mass is 35.5. The highest BCUT2D eigenvalue weighted by molar-refractivity contribution is 6.31. The number of hydrogen-bond donors (Lipinski definition) is 0. The number of nitrogens with zero attached hydrogens (tertiary/aromatic N) is 4. The second kappa shape index (κ2) is 7.95. The molecule has 140 valence electrons. The maximum atomic E-state index is 12.9. The molecule has 0 aliphatic carbocycles. The number of halogens is 4. The Balaban J connectivity index is 2.45. The highest BCUT2D eigenvalue weighted by Gasteiger charge is 2.32. The summed E-state index contributed by atoms with van der Waals surface area (Å²) >= 11 is 6.19. The topological polar surface area (TPSA) is 31.7 Å². The van der Waals surface area contributed by atoms with E-state index in [-0.39, 0.29) is 5.82 Å². The smallest absolute Gasteiger partial charge is 0.366 e. The van der Waals surface area contributed by atoms with E-state index in [1.165, 1.54) is 12.1 Å². The summed E-state index contributed by atoms with van der Waals surface area (Å²) in [6.45, 7) is 4.63. The molecule has 0 spiro atoms. The molecule has 0 saturated carbocycles. The summed E-state index contributed by atoms with van der Waals surface area (Å²) < 4.78 is 38.8. The van der Waals surface area contributed by atoms with E-state index < -0.39 is 11.9 Å². The van der Waals surface area contributed by atoms with Crippen molar-refractivity contribution in [3.63, 3.8) is 0 Å². The third-order valence-corrected chi connectivity index (χ3v) is 4.16. The molecule has 0 radical (unpaired) electrons. The van der Waals surface area contributed by atoms with Gasteiger partial charge in [0, 0.05) is 31.4 Å². The fraction of sp³-hybridized carbons (Fsp3) is 0.333. The molecule has 4 nitrogen and oxygen atoms in total. The lowest BCUT2D eigenvalue weighted by atomic mass is 10.1. The Morgan fingerprint density at radius 1 is 1.23 bits per heavy atom. The van der Waals surface area contributed by atoms with Gasteiger partial charge in [0.25, 0.3) is 0 Å². The highest BCUT2D eigenvalue weighted by Crippen LogP contribution is 2.36. The summed E-state index contributed by atoms with van der Waals surface area (Å²) in [7, 11) is 3.54. The van der Waals surface area contributed by atoms with E-state index in [2.05, 4.69) is 9.98 Å². The molecule has 8 heteroatoms. The molecule has 0 unspecified atom stereocenters. The molecule has 1 aromatic heterocycles. The average molecular weight is 385 g/mol. The number of benzene rings is 1. The van der Waals surface area contributed by atoms with Gasteiger partial charge in [0.1, 0.15) is 11.5 Å². The van der Waals surface area contributed by atoms with E-state index in [9.17, 15) is 13.2 Å². The van der Waals surface area contributed by atoms with Gasteiger partial charge in [0.2, 0.25) is 0 Å². The van der Waals surface area contributed by atoms with Crippen molar-refractivity contribution in [1.29, 1.82) is 0 Å². The second-order valence-corrected chi connectivity index (χ2v) is 6.26. The average Bonchev–Trinajstić information content (AvgIpc) is 2.60. The van der Waals surface area contributed by atoms with Crippen LogP contribution in [0.3, 0.4) is 0 Å². The monoisotopic (exact) mass is 384 g/mol. The largest absolute Gasteiger partial charge is 0.433 e. The summed E-state index contributed by atoms with van der Waals surface area (Å²) in [5.74, 6) is 0.172. The van der Waals surface area contributed by atoms with Crippen LogP contribution in [0.4, 0.5) is 30.4 Å². The van der Waals surface area contributed by atoms with E-state index in [0.29, 0.717) is 16.4 Å². The van der Waals surface area contributed by atoms with Crippen molar-refractivity contribution in [1.82, 2.24) is 9.88 Å². The molecule has 1 heterocycles. The van der Waals surface area contributed by atoms with E-state index in [1.54, 1.807) is 30.4 Å². The Morgan fingerprint density at radius 2 is 1.92 bits per heavy atom. The zero-order valence-electron chi connectivity index (χ0n) is 15.0. The molecule has 0 aliphatic heterocycles. The molecular formula is C18H20ClF3N4. The lowest BCUT2D eigenvalue weighted by Gasteiger charge is -2.22. The molecule has 1 aromatic carbocycles. The number of aliphatic imine (C=N–C) groups is 1. The third-order valence-electron chi connectivity index (χ3n) is 3.94. The minimum atomic E-state index is -4.50. The van der Waals surface area contributed by atoms with E-state index >= 15 is 0 Å². The number of alkyl halides is 3. The van der Waals surface area contributed by atoms with E-state index in [4.69, 9.17) is 11.6 Å². The minimum Gasteiger partial charge on any atom is -0.366 e. The maximum absolute atomic E-state index is 12.9. The predicted octanol–water partition coefficient (Wildman–Crippen LogP) is 5.44. The van der Waals surface area contributed by atoms with Crippen LogP contribution in [0.25, 0.3) is 0 Å². The first-order valence-corrected chi connectivity index (χ1v) is 8.33. The van der Waals surface area contributed by atoms with Gasteiger partial charge in [0.05, 0.1) is 12.0 Å². The lowest BCUT2D eigenvalue weighted by Crippen LogP contribution is -2.16. The molecule has 26 heavy (non-hydrogen) atoms. The Morgan fingerprint density at radius 3 is 2.54 bits per heavy atom. The first-order valence-electron chi connectivity index (χ1n) is 7.96. The summed E-state index contributed by atoms with van der Waals surface area (Å²) in [6.07, 6.45) is -2.81. The van der Waals surface area contributed by atoms with Gasteiger partial charge in [-0.15, -0.1) is 0 Å². The van der Waals surface area contributed by atoms with Crippen LogP contribution >= 0.6 is 11.6 Å². The molecule has 0 bridgehead atoms. The van der Waals surface area contributed by atoms with Gasteiger partial charge in [-0.1, -0.05) is 17.7 Å². The first kappa shape index (κ1) is 20.0. The van der Waals surface area contributed by atoms with Gasteiger partial charge >= 0.3 is 6.18 Å². The Kier molecular flexibility index (Phi) is 6.13. The van der Waals surface area contributed by atoms with Crippen LogP contribution < -0.4 is 4.90 Å². The molecule has 2 aromatic rings. The van der Waals surface area contributed by atoms with Crippen LogP contribution in [0.2, 0.25) is 5.02 Å². The fourth-order valence-corrected chi connectivity index (χ4v) is 2.47. The number of pyridine rings is 1. The Hall–Kier alpha value is -2.28. The van der Waals surface area contributed by atoms with Crippen LogP contribution in [0.5, 0.6) is 0 Å². The number of aromatic nitrogens is 1. The fourth-order valence-electron chi connectivity index (χ4n) is 2.27. The summed E-state index contributed by atoms with van der Waals surface area (Å²) in [5.41, 5.74) is 1.13. The maximum Gasteiger partial charge on any atom is 0.433 e. The molecule has 0 saturated heterocycles. The Labute approximate surface area is 155 Å². The standard InChI is InChI=1S/C18H20ClF3N4/c1-5-25(3)11-23-14-9-13(19)10-15(12(14)2)26(4)17-8-6-7-16(24-17)18(20,21)22/h6-11H,5H2,1-4H3. The van der Waals surface area contributed by atoms with Crippen LogP contribution in [0, 0.1) is 6.92 Å². The molecule has 0 N–H and O–H groups in total. The zero-order chi connectivity index (χ0) is 19.5. The molecule has 2 rings (SSSR count). The van der Waals surface area contributed by atoms with Crippen molar-refractivity contribution in [3.8, 4) is 0 Å². The second-order valence-electron chi connectivity index (χ2n) is 5.82. The van der Waals surface area contributed by atoms with Gasteiger partial charge < -0.3 is 9.80 Å². The van der Waals surface area contributed by atoms with E-state index in [1.807, 2.05) is 25.8 Å². The van der Waals surface area contributed by atoms with Crippen LogP contribution in [0.15, 0.2) is 35.3 Å². The summed E-state index contributed by atoms with van der Waals surface area (Å²) in [6, 6.07) is 7.19. The van der Waals surface area contributed by atoms with Crippen LogP contribution in [0.1, 0.15) is 18.2 Å². The van der Waals surface area contributed by atoms with Gasteiger partial charge in [-0.2, -0.15) is 13.2 Å². The molecule has 0 amide bonds. The summed E-state index contributed by atoms with van der Waals surface area (Å²) in [5, 5.41) is 0.440. The zero-order valence-corrected chi connectivity index (χ0v) is 15.7. The van der Waals surface area contributed by atoms with Crippen molar-refractivity contribution in [2.75, 3.05) is 25.5 Å². The SMILES string of the molecule is CCN(C)C=Nc1cc(Cl)cc(N(C)c2cccc(C(F)(F)F)n2)c1C. The van der Waals surface area contributed by atoms with E-state index in [0.717, 1.165) is 18.2 Å². The van der Waals surface area contributed by atoms with Gasteiger partial charge in [-0.3, -0.25) is 0 Å². The number of hydrogen-bond acceptors (Lipinski definition) is 3. The quantitative estimate of drug-likeness (QED) is 0.508. The van der Waals surface area contributed by atoms with Crippen LogP contribution in [-0.4, -0.2) is 36.9 Å². The van der Waals surface area contributed by atoms with Gasteiger partial charge in [0.15, 0.2) is 0 Å². The number of rotatable bonds is 5.